The molecule has 0 aliphatic heterocycles. The van der Waals surface area contributed by atoms with Crippen molar-refractivity contribution >= 4 is 26.9 Å². The van der Waals surface area contributed by atoms with E-state index in [4.69, 9.17) is 4.74 Å². The summed E-state index contributed by atoms with van der Waals surface area (Å²) in [5, 5.41) is 12.8. The molecule has 0 amide bonds. The molecule has 0 radical (unpaired) electrons. The van der Waals surface area contributed by atoms with Crippen molar-refractivity contribution in [2.75, 3.05) is 31.3 Å². The first-order valence-electron chi connectivity index (χ1n) is 10.4. The molecule has 0 spiro atoms. The Hall–Kier alpha value is -3.14. The van der Waals surface area contributed by atoms with Crippen molar-refractivity contribution in [2.45, 2.75) is 26.8 Å². The minimum Gasteiger partial charge on any atom is -0.383 e. The van der Waals surface area contributed by atoms with Gasteiger partial charge in [0.05, 0.1) is 29.8 Å². The molecule has 12 heteroatoms. The minimum absolute atomic E-state index is 0.0608. The van der Waals surface area contributed by atoms with Gasteiger partial charge in [0.1, 0.15) is 17.5 Å². The van der Waals surface area contributed by atoms with Crippen LogP contribution in [0, 0.1) is 28.4 Å². The molecule has 1 atom stereocenters. The van der Waals surface area contributed by atoms with Gasteiger partial charge in [-0.05, 0) is 17.5 Å². The van der Waals surface area contributed by atoms with Gasteiger partial charge in [0, 0.05) is 36.8 Å². The lowest BCUT2D eigenvalue weighted by molar-refractivity contribution is 0.204. The maximum atomic E-state index is 14.9. The number of sulfonamides is 1. The molecule has 0 saturated carbocycles. The summed E-state index contributed by atoms with van der Waals surface area (Å²) in [6, 6.07) is 3.42. The molecular formula is C22H26F2N6O3S. The zero-order chi connectivity index (χ0) is 25.1. The highest BCUT2D eigenvalue weighted by atomic mass is 32.2. The van der Waals surface area contributed by atoms with Gasteiger partial charge in [0.25, 0.3) is 0 Å². The second kappa shape index (κ2) is 10.0. The second-order valence-electron chi connectivity index (χ2n) is 8.81. The summed E-state index contributed by atoms with van der Waals surface area (Å²) in [6.07, 6.45) is 2.56. The molecule has 3 aromatic rings. The zero-order valence-corrected chi connectivity index (χ0v) is 20.1. The highest BCUT2D eigenvalue weighted by Crippen LogP contribution is 2.32. The van der Waals surface area contributed by atoms with Gasteiger partial charge in [0.15, 0.2) is 11.6 Å². The average Bonchev–Trinajstić information content (AvgIpc) is 3.16. The smallest absolute Gasteiger partial charge is 0.213 e. The second-order valence-corrected chi connectivity index (χ2v) is 10.7. The van der Waals surface area contributed by atoms with Gasteiger partial charge in [-0.25, -0.2) is 31.9 Å². The molecular weight excluding hydrogens is 466 g/mol. The molecule has 3 heterocycles. The van der Waals surface area contributed by atoms with E-state index in [1.54, 1.807) is 0 Å². The van der Waals surface area contributed by atoms with E-state index in [1.165, 1.54) is 19.4 Å². The van der Waals surface area contributed by atoms with E-state index in [9.17, 15) is 22.5 Å². The number of anilines is 1. The van der Waals surface area contributed by atoms with E-state index in [0.29, 0.717) is 16.6 Å². The monoisotopic (exact) mass is 492 g/mol. The highest BCUT2D eigenvalue weighted by molar-refractivity contribution is 7.89. The molecule has 0 saturated heterocycles. The predicted octanol–water partition coefficient (Wildman–Crippen LogP) is 3.17. The van der Waals surface area contributed by atoms with E-state index < -0.39 is 33.1 Å². The van der Waals surface area contributed by atoms with Gasteiger partial charge in [0.2, 0.25) is 10.0 Å². The number of hydrogen-bond donors (Lipinski definition) is 3. The maximum Gasteiger partial charge on any atom is 0.213 e. The number of pyridine rings is 2. The number of H-pyrrole nitrogens is 1. The number of aromatic nitrogens is 3. The quantitative estimate of drug-likeness (QED) is 0.391. The molecule has 3 N–H and O–H groups in total. The number of methoxy groups -OCH3 is 1. The Morgan fingerprint density at radius 3 is 2.68 bits per heavy atom. The lowest BCUT2D eigenvalue weighted by Crippen LogP contribution is -2.44. The van der Waals surface area contributed by atoms with Gasteiger partial charge >= 0.3 is 0 Å². The largest absolute Gasteiger partial charge is 0.383 e. The first kappa shape index (κ1) is 25.5. The van der Waals surface area contributed by atoms with Crippen LogP contribution in [0.5, 0.6) is 0 Å². The third kappa shape index (κ3) is 5.85. The van der Waals surface area contributed by atoms with Crippen molar-refractivity contribution in [3.05, 3.63) is 41.7 Å². The minimum atomic E-state index is -3.72. The SMILES string of the molecule is COCCNS(=O)(=O)C[C@@H](Nc1nc(-c2c[nH]c3ncc(F)cc23)c(C#N)cc1F)C(C)(C)C. The summed E-state index contributed by atoms with van der Waals surface area (Å²) in [5.74, 6) is -1.96. The van der Waals surface area contributed by atoms with E-state index in [-0.39, 0.29) is 36.0 Å². The van der Waals surface area contributed by atoms with Crippen molar-refractivity contribution in [2.24, 2.45) is 5.41 Å². The molecule has 0 aromatic carbocycles. The molecule has 0 aliphatic carbocycles. The molecule has 3 aromatic heterocycles. The third-order valence-electron chi connectivity index (χ3n) is 5.22. The summed E-state index contributed by atoms with van der Waals surface area (Å²) >= 11 is 0. The van der Waals surface area contributed by atoms with Crippen molar-refractivity contribution in [3.8, 4) is 17.3 Å². The van der Waals surface area contributed by atoms with Crippen molar-refractivity contribution in [1.82, 2.24) is 19.7 Å². The van der Waals surface area contributed by atoms with Crippen LogP contribution >= 0.6 is 0 Å². The lowest BCUT2D eigenvalue weighted by atomic mass is 9.88. The number of fused-ring (bicyclic) bond motifs is 1. The van der Waals surface area contributed by atoms with Crippen LogP contribution in [0.4, 0.5) is 14.6 Å². The molecule has 34 heavy (non-hydrogen) atoms. The number of aromatic amines is 1. The number of rotatable bonds is 9. The first-order chi connectivity index (χ1) is 15.9. The van der Waals surface area contributed by atoms with E-state index in [0.717, 1.165) is 12.3 Å². The van der Waals surface area contributed by atoms with Gasteiger partial charge in [-0.3, -0.25) is 0 Å². The molecule has 3 rings (SSSR count). The molecule has 0 fully saturated rings. The fourth-order valence-corrected chi connectivity index (χ4v) is 4.84. The number of nitriles is 1. The number of hydrogen-bond acceptors (Lipinski definition) is 7. The first-order valence-corrected chi connectivity index (χ1v) is 12.1. The fourth-order valence-electron chi connectivity index (χ4n) is 3.31. The summed E-state index contributed by atoms with van der Waals surface area (Å²) in [7, 11) is -2.26. The fraction of sp³-hybridized carbons (Fsp3) is 0.409. The maximum absolute atomic E-state index is 14.9. The Morgan fingerprint density at radius 1 is 1.29 bits per heavy atom. The Kier molecular flexibility index (Phi) is 7.50. The van der Waals surface area contributed by atoms with Crippen LogP contribution < -0.4 is 10.0 Å². The van der Waals surface area contributed by atoms with Crippen LogP contribution in [0.15, 0.2) is 24.5 Å². The van der Waals surface area contributed by atoms with Gasteiger partial charge in [-0.2, -0.15) is 5.26 Å². The van der Waals surface area contributed by atoms with E-state index in [1.807, 2.05) is 26.8 Å². The van der Waals surface area contributed by atoms with Crippen molar-refractivity contribution in [1.29, 1.82) is 5.26 Å². The van der Waals surface area contributed by atoms with Crippen LogP contribution in [0.25, 0.3) is 22.3 Å². The summed E-state index contributed by atoms with van der Waals surface area (Å²) in [5.41, 5.74) is 0.184. The van der Waals surface area contributed by atoms with Gasteiger partial charge in [-0.15, -0.1) is 0 Å². The predicted molar refractivity (Wildman–Crippen MR) is 124 cm³/mol. The molecule has 9 nitrogen and oxygen atoms in total. The Labute approximate surface area is 196 Å². The van der Waals surface area contributed by atoms with Gasteiger partial charge in [-0.1, -0.05) is 20.8 Å². The standard InChI is InChI=1S/C22H26F2N6O3S/c1-22(2,3)18(12-34(31,32)28-5-6-33-4)29-21-17(24)7-13(9-25)19(30-21)16-11-27-20-15(16)8-14(23)10-26-20/h7-8,10-11,18,28H,5-6,12H2,1-4H3,(H,26,27)(H,29,30)/t18-/m1/s1. The molecule has 182 valence electrons. The van der Waals surface area contributed by atoms with Gasteiger partial charge < -0.3 is 15.0 Å². The normalized spacial score (nSPS) is 13.1. The Balaban J connectivity index is 2.01. The lowest BCUT2D eigenvalue weighted by Gasteiger charge is -2.32. The summed E-state index contributed by atoms with van der Waals surface area (Å²) < 4.78 is 61.2. The number of ether oxygens (including phenoxy) is 1. The molecule has 0 unspecified atom stereocenters. The van der Waals surface area contributed by atoms with E-state index in [2.05, 4.69) is 25.0 Å². The number of nitrogens with zero attached hydrogens (tertiary/aromatic N) is 3. The molecule has 0 aliphatic rings. The number of halogens is 2. The van der Waals surface area contributed by atoms with E-state index >= 15 is 0 Å². The Bertz CT molecular complexity index is 1330. The number of nitrogens with one attached hydrogen (secondary N) is 3. The Morgan fingerprint density at radius 2 is 2.03 bits per heavy atom. The van der Waals surface area contributed by atoms with Crippen molar-refractivity contribution in [3.63, 3.8) is 0 Å². The van der Waals surface area contributed by atoms with Crippen LogP contribution in [0.2, 0.25) is 0 Å². The zero-order valence-electron chi connectivity index (χ0n) is 19.2. The third-order valence-corrected chi connectivity index (χ3v) is 6.64. The average molecular weight is 493 g/mol. The summed E-state index contributed by atoms with van der Waals surface area (Å²) in [6.45, 7) is 5.75. The topological polar surface area (TPSA) is 133 Å². The summed E-state index contributed by atoms with van der Waals surface area (Å²) in [4.78, 5) is 11.2. The van der Waals surface area contributed by atoms with Crippen LogP contribution in [-0.4, -0.2) is 55.4 Å². The van der Waals surface area contributed by atoms with Crippen LogP contribution in [-0.2, 0) is 14.8 Å². The highest BCUT2D eigenvalue weighted by Gasteiger charge is 2.31. The molecule has 0 bridgehead atoms. The van der Waals surface area contributed by atoms with Crippen LogP contribution in [0.3, 0.4) is 0 Å². The van der Waals surface area contributed by atoms with Crippen molar-refractivity contribution < 1.29 is 21.9 Å². The van der Waals surface area contributed by atoms with Crippen LogP contribution in [0.1, 0.15) is 26.3 Å².